The summed E-state index contributed by atoms with van der Waals surface area (Å²) in [6, 6.07) is 6.45. The molecule has 6 nitrogen and oxygen atoms in total. The summed E-state index contributed by atoms with van der Waals surface area (Å²) in [6.45, 7) is 3.87. The number of hydrogen-bond donors (Lipinski definition) is 1. The summed E-state index contributed by atoms with van der Waals surface area (Å²) in [5.41, 5.74) is 0. The number of nitrogens with one attached hydrogen (secondary N) is 1. The zero-order valence-electron chi connectivity index (χ0n) is 13.0. The van der Waals surface area contributed by atoms with Crippen molar-refractivity contribution in [3.8, 4) is 0 Å². The second-order valence-corrected chi connectivity index (χ2v) is 8.32. The Morgan fingerprint density at radius 2 is 2.00 bits per heavy atom. The third kappa shape index (κ3) is 4.90. The van der Waals surface area contributed by atoms with E-state index >= 15 is 0 Å². The lowest BCUT2D eigenvalue weighted by molar-refractivity contribution is -0.133. The lowest BCUT2D eigenvalue weighted by Crippen LogP contribution is -2.54. The first-order valence-electron chi connectivity index (χ1n) is 7.04. The number of halogens is 2. The van der Waals surface area contributed by atoms with Gasteiger partial charge in [-0.1, -0.05) is 15.9 Å². The Hall–Kier alpha value is -0.670. The van der Waals surface area contributed by atoms with E-state index in [-0.39, 0.29) is 35.8 Å². The first kappa shape index (κ1) is 20.4. The van der Waals surface area contributed by atoms with Crippen LogP contribution in [0.2, 0.25) is 0 Å². The standard InChI is InChI=1S/C14H20BrN3O3S.ClH/c1-11-9-16-7-8-18(11)14(19)10-17(2)22(20,21)13-5-3-12(15)4-6-13;/h3-6,11,16H,7-10H2,1-2H3;1H/t11-;/m1./s1. The van der Waals surface area contributed by atoms with Gasteiger partial charge >= 0.3 is 0 Å². The molecular formula is C14H21BrClN3O3S. The fourth-order valence-corrected chi connectivity index (χ4v) is 3.75. The van der Waals surface area contributed by atoms with Crippen LogP contribution in [0.1, 0.15) is 6.92 Å². The van der Waals surface area contributed by atoms with Gasteiger partial charge in [-0.05, 0) is 31.2 Å². The molecule has 9 heteroatoms. The Labute approximate surface area is 151 Å². The van der Waals surface area contributed by atoms with Crippen molar-refractivity contribution in [2.24, 2.45) is 0 Å². The number of benzene rings is 1. The predicted octanol–water partition coefficient (Wildman–Crippen LogP) is 1.31. The minimum absolute atomic E-state index is 0. The molecule has 1 amide bonds. The van der Waals surface area contributed by atoms with Gasteiger partial charge in [0, 0.05) is 37.2 Å². The highest BCUT2D eigenvalue weighted by Gasteiger charge is 2.28. The minimum Gasteiger partial charge on any atom is -0.336 e. The van der Waals surface area contributed by atoms with Gasteiger partial charge < -0.3 is 10.2 Å². The number of amides is 1. The number of sulfonamides is 1. The quantitative estimate of drug-likeness (QED) is 0.788. The van der Waals surface area contributed by atoms with Crippen molar-refractivity contribution in [2.45, 2.75) is 17.9 Å². The van der Waals surface area contributed by atoms with Gasteiger partial charge in [0.1, 0.15) is 0 Å². The van der Waals surface area contributed by atoms with E-state index in [1.54, 1.807) is 17.0 Å². The Kier molecular flexibility index (Phi) is 7.47. The molecule has 130 valence electrons. The Bertz CT molecular complexity index is 639. The molecule has 1 atom stereocenters. The molecule has 1 aliphatic heterocycles. The zero-order valence-corrected chi connectivity index (χ0v) is 16.2. The maximum Gasteiger partial charge on any atom is 0.243 e. The van der Waals surface area contributed by atoms with Crippen molar-refractivity contribution in [3.05, 3.63) is 28.7 Å². The second-order valence-electron chi connectivity index (χ2n) is 5.36. The highest BCUT2D eigenvalue weighted by molar-refractivity contribution is 9.10. The van der Waals surface area contributed by atoms with Crippen molar-refractivity contribution < 1.29 is 13.2 Å². The van der Waals surface area contributed by atoms with Gasteiger partial charge in [0.2, 0.25) is 15.9 Å². The summed E-state index contributed by atoms with van der Waals surface area (Å²) in [5.74, 6) is -0.169. The van der Waals surface area contributed by atoms with Gasteiger partial charge in [-0.15, -0.1) is 12.4 Å². The molecule has 0 spiro atoms. The first-order chi connectivity index (χ1) is 10.3. The van der Waals surface area contributed by atoms with Gasteiger partial charge in [0.05, 0.1) is 11.4 Å². The summed E-state index contributed by atoms with van der Waals surface area (Å²) in [4.78, 5) is 14.2. The molecule has 0 aliphatic carbocycles. The maximum atomic E-state index is 12.5. The molecule has 0 saturated carbocycles. The van der Waals surface area contributed by atoms with Crippen LogP contribution in [0.5, 0.6) is 0 Å². The second kappa shape index (κ2) is 8.43. The van der Waals surface area contributed by atoms with E-state index in [1.807, 2.05) is 6.92 Å². The van der Waals surface area contributed by atoms with Crippen molar-refractivity contribution in [1.82, 2.24) is 14.5 Å². The molecular weight excluding hydrogens is 406 g/mol. The molecule has 1 aliphatic rings. The molecule has 2 rings (SSSR count). The number of likely N-dealkylation sites (N-methyl/N-ethyl adjacent to an activating group) is 1. The minimum atomic E-state index is -3.66. The van der Waals surface area contributed by atoms with E-state index in [0.717, 1.165) is 21.9 Å². The molecule has 0 bridgehead atoms. The fourth-order valence-electron chi connectivity index (χ4n) is 2.36. The molecule has 0 unspecified atom stereocenters. The normalized spacial score (nSPS) is 18.6. The van der Waals surface area contributed by atoms with E-state index in [0.29, 0.717) is 6.54 Å². The summed E-state index contributed by atoms with van der Waals surface area (Å²) in [5, 5.41) is 3.20. The number of piperazine rings is 1. The number of nitrogens with zero attached hydrogens (tertiary/aromatic N) is 2. The third-order valence-electron chi connectivity index (χ3n) is 3.70. The van der Waals surface area contributed by atoms with Crippen molar-refractivity contribution in [3.63, 3.8) is 0 Å². The average molecular weight is 427 g/mol. The molecule has 1 aromatic carbocycles. The Morgan fingerprint density at radius 1 is 1.39 bits per heavy atom. The van der Waals surface area contributed by atoms with Crippen LogP contribution in [-0.2, 0) is 14.8 Å². The number of hydrogen-bond acceptors (Lipinski definition) is 4. The number of rotatable bonds is 4. The summed E-state index contributed by atoms with van der Waals surface area (Å²) in [6.07, 6.45) is 0. The average Bonchev–Trinajstić information content (AvgIpc) is 2.48. The van der Waals surface area contributed by atoms with Crippen LogP contribution in [0.15, 0.2) is 33.6 Å². The van der Waals surface area contributed by atoms with Gasteiger partial charge in [-0.2, -0.15) is 4.31 Å². The highest BCUT2D eigenvalue weighted by Crippen LogP contribution is 2.18. The number of carbonyl (C=O) groups excluding carboxylic acids is 1. The smallest absolute Gasteiger partial charge is 0.243 e. The maximum absolute atomic E-state index is 12.5. The largest absolute Gasteiger partial charge is 0.336 e. The summed E-state index contributed by atoms with van der Waals surface area (Å²) < 4.78 is 26.9. The topological polar surface area (TPSA) is 69.7 Å². The van der Waals surface area contributed by atoms with Gasteiger partial charge in [-0.25, -0.2) is 8.42 Å². The van der Waals surface area contributed by atoms with Crippen LogP contribution < -0.4 is 5.32 Å². The molecule has 0 aromatic heterocycles. The van der Waals surface area contributed by atoms with E-state index in [4.69, 9.17) is 0 Å². The van der Waals surface area contributed by atoms with Crippen molar-refractivity contribution in [1.29, 1.82) is 0 Å². The van der Waals surface area contributed by atoms with Gasteiger partial charge in [0.15, 0.2) is 0 Å². The molecule has 1 saturated heterocycles. The Morgan fingerprint density at radius 3 is 2.57 bits per heavy atom. The monoisotopic (exact) mass is 425 g/mol. The van der Waals surface area contributed by atoms with Crippen LogP contribution in [0.25, 0.3) is 0 Å². The van der Waals surface area contributed by atoms with Gasteiger partial charge in [-0.3, -0.25) is 4.79 Å². The van der Waals surface area contributed by atoms with Gasteiger partial charge in [0.25, 0.3) is 0 Å². The lowest BCUT2D eigenvalue weighted by Gasteiger charge is -2.34. The van der Waals surface area contributed by atoms with Crippen LogP contribution in [-0.4, -0.2) is 62.8 Å². The van der Waals surface area contributed by atoms with Crippen LogP contribution in [0.4, 0.5) is 0 Å². The molecule has 0 radical (unpaired) electrons. The highest BCUT2D eigenvalue weighted by atomic mass is 79.9. The van der Waals surface area contributed by atoms with E-state index in [1.165, 1.54) is 19.2 Å². The molecule has 1 N–H and O–H groups in total. The van der Waals surface area contributed by atoms with Crippen molar-refractivity contribution in [2.75, 3.05) is 33.2 Å². The van der Waals surface area contributed by atoms with Crippen LogP contribution >= 0.6 is 28.3 Å². The lowest BCUT2D eigenvalue weighted by atomic mass is 10.2. The molecule has 23 heavy (non-hydrogen) atoms. The predicted molar refractivity (Wildman–Crippen MR) is 95.3 cm³/mol. The van der Waals surface area contributed by atoms with E-state index in [9.17, 15) is 13.2 Å². The third-order valence-corrected chi connectivity index (χ3v) is 6.05. The van der Waals surface area contributed by atoms with E-state index in [2.05, 4.69) is 21.2 Å². The first-order valence-corrected chi connectivity index (χ1v) is 9.28. The summed E-state index contributed by atoms with van der Waals surface area (Å²) >= 11 is 3.27. The zero-order chi connectivity index (χ0) is 16.3. The molecule has 1 fully saturated rings. The SMILES string of the molecule is C[C@@H]1CNCCN1C(=O)CN(C)S(=O)(=O)c1ccc(Br)cc1.Cl. The van der Waals surface area contributed by atoms with E-state index < -0.39 is 10.0 Å². The van der Waals surface area contributed by atoms with Crippen LogP contribution in [0.3, 0.4) is 0 Å². The molecule has 1 heterocycles. The Balaban J connectivity index is 0.00000264. The number of carbonyl (C=O) groups is 1. The van der Waals surface area contributed by atoms with Crippen molar-refractivity contribution >= 4 is 44.3 Å². The fraction of sp³-hybridized carbons (Fsp3) is 0.500. The molecule has 1 aromatic rings. The summed E-state index contributed by atoms with van der Waals surface area (Å²) in [7, 11) is -2.22. The van der Waals surface area contributed by atoms with Crippen LogP contribution in [0, 0.1) is 0 Å².